The molecule has 4 heteroatoms. The van der Waals surface area contributed by atoms with Crippen LogP contribution in [0.5, 0.6) is 0 Å². The zero-order valence-electron chi connectivity index (χ0n) is 11.6. The minimum Gasteiger partial charge on any atom is -0.388 e. The number of rotatable bonds is 2. The molecule has 0 aliphatic carbocycles. The summed E-state index contributed by atoms with van der Waals surface area (Å²) < 4.78 is 11.4. The van der Waals surface area contributed by atoms with Crippen LogP contribution in [0.25, 0.3) is 0 Å². The van der Waals surface area contributed by atoms with Crippen LogP contribution in [0, 0.1) is 19.8 Å². The van der Waals surface area contributed by atoms with Gasteiger partial charge >= 0.3 is 0 Å². The molecule has 19 heavy (non-hydrogen) atoms. The lowest BCUT2D eigenvalue weighted by molar-refractivity contribution is -0.117. The summed E-state index contributed by atoms with van der Waals surface area (Å²) in [6.45, 7) is 6.43. The number of thiophene rings is 1. The highest BCUT2D eigenvalue weighted by atomic mass is 32.1. The maximum absolute atomic E-state index is 10.7. The Labute approximate surface area is 118 Å². The SMILES string of the molecule is Cc1cc(C(O)C2CCOC3(CCOC3)C2)c(C)s1. The van der Waals surface area contributed by atoms with E-state index >= 15 is 0 Å². The molecule has 2 fully saturated rings. The molecule has 3 heterocycles. The van der Waals surface area contributed by atoms with E-state index < -0.39 is 0 Å². The molecule has 1 aromatic heterocycles. The lowest BCUT2D eigenvalue weighted by Crippen LogP contribution is -2.41. The Morgan fingerprint density at radius 2 is 2.26 bits per heavy atom. The van der Waals surface area contributed by atoms with Crippen molar-refractivity contribution in [3.05, 3.63) is 21.4 Å². The molecule has 1 spiro atoms. The zero-order valence-corrected chi connectivity index (χ0v) is 12.5. The monoisotopic (exact) mass is 282 g/mol. The quantitative estimate of drug-likeness (QED) is 0.906. The summed E-state index contributed by atoms with van der Waals surface area (Å²) in [7, 11) is 0. The fourth-order valence-corrected chi connectivity index (χ4v) is 4.36. The third kappa shape index (κ3) is 2.59. The summed E-state index contributed by atoms with van der Waals surface area (Å²) in [6.07, 6.45) is 2.48. The van der Waals surface area contributed by atoms with Crippen molar-refractivity contribution >= 4 is 11.3 Å². The Morgan fingerprint density at radius 1 is 1.42 bits per heavy atom. The summed E-state index contributed by atoms with van der Waals surface area (Å²) in [5.74, 6) is 0.295. The fourth-order valence-electron chi connectivity index (χ4n) is 3.40. The molecular formula is C15H22O3S. The van der Waals surface area contributed by atoms with Crippen molar-refractivity contribution in [3.63, 3.8) is 0 Å². The topological polar surface area (TPSA) is 38.7 Å². The maximum atomic E-state index is 10.7. The van der Waals surface area contributed by atoms with Crippen LogP contribution in [0.4, 0.5) is 0 Å². The van der Waals surface area contributed by atoms with Crippen LogP contribution in [-0.2, 0) is 9.47 Å². The van der Waals surface area contributed by atoms with Gasteiger partial charge in [-0.05, 0) is 44.2 Å². The van der Waals surface area contributed by atoms with E-state index in [-0.39, 0.29) is 11.7 Å². The second kappa shape index (κ2) is 5.17. The number of ether oxygens (including phenoxy) is 2. The van der Waals surface area contributed by atoms with Gasteiger partial charge in [0.05, 0.1) is 18.3 Å². The molecular weight excluding hydrogens is 260 g/mol. The van der Waals surface area contributed by atoms with Gasteiger partial charge in [-0.15, -0.1) is 11.3 Å². The zero-order chi connectivity index (χ0) is 13.5. The van der Waals surface area contributed by atoms with E-state index in [0.717, 1.165) is 38.0 Å². The number of hydrogen-bond donors (Lipinski definition) is 1. The highest BCUT2D eigenvalue weighted by Crippen LogP contribution is 2.42. The predicted octanol–water partition coefficient (Wildman–Crippen LogP) is 2.98. The minimum absolute atomic E-state index is 0.122. The second-order valence-electron chi connectivity index (χ2n) is 5.90. The van der Waals surface area contributed by atoms with Crippen molar-refractivity contribution in [3.8, 4) is 0 Å². The molecule has 2 aliphatic rings. The number of aliphatic hydroxyl groups excluding tert-OH is 1. The standard InChI is InChI=1S/C15H22O3S/c1-10-7-13(11(2)19-10)14(16)12-3-5-18-15(8-12)4-6-17-9-15/h7,12,14,16H,3-6,8-9H2,1-2H3. The Balaban J connectivity index is 1.76. The van der Waals surface area contributed by atoms with Crippen molar-refractivity contribution in [1.82, 2.24) is 0 Å². The molecule has 2 aliphatic heterocycles. The van der Waals surface area contributed by atoms with Crippen molar-refractivity contribution in [1.29, 1.82) is 0 Å². The molecule has 1 aromatic rings. The van der Waals surface area contributed by atoms with Gasteiger partial charge in [0.2, 0.25) is 0 Å². The van der Waals surface area contributed by atoms with Crippen LogP contribution in [-0.4, -0.2) is 30.5 Å². The molecule has 0 radical (unpaired) electrons. The third-order valence-electron chi connectivity index (χ3n) is 4.44. The average molecular weight is 282 g/mol. The molecule has 1 N–H and O–H groups in total. The van der Waals surface area contributed by atoms with Gasteiger partial charge in [-0.2, -0.15) is 0 Å². The van der Waals surface area contributed by atoms with E-state index in [2.05, 4.69) is 19.9 Å². The lowest BCUT2D eigenvalue weighted by atomic mass is 9.80. The van der Waals surface area contributed by atoms with E-state index in [4.69, 9.17) is 9.47 Å². The van der Waals surface area contributed by atoms with Crippen molar-refractivity contribution in [2.75, 3.05) is 19.8 Å². The van der Waals surface area contributed by atoms with Gasteiger partial charge in [-0.3, -0.25) is 0 Å². The Morgan fingerprint density at radius 3 is 2.89 bits per heavy atom. The maximum Gasteiger partial charge on any atom is 0.0940 e. The number of aliphatic hydroxyl groups is 1. The lowest BCUT2D eigenvalue weighted by Gasteiger charge is -2.39. The first-order chi connectivity index (χ1) is 9.10. The first-order valence-corrected chi connectivity index (χ1v) is 7.88. The van der Waals surface area contributed by atoms with E-state index in [1.54, 1.807) is 11.3 Å². The van der Waals surface area contributed by atoms with Gasteiger partial charge < -0.3 is 14.6 Å². The fraction of sp³-hybridized carbons (Fsp3) is 0.733. The van der Waals surface area contributed by atoms with Crippen LogP contribution in [0.1, 0.15) is 40.7 Å². The van der Waals surface area contributed by atoms with E-state index in [0.29, 0.717) is 12.5 Å². The van der Waals surface area contributed by atoms with Crippen LogP contribution >= 0.6 is 11.3 Å². The van der Waals surface area contributed by atoms with Gasteiger partial charge in [0, 0.05) is 29.4 Å². The number of hydrogen-bond acceptors (Lipinski definition) is 4. The largest absolute Gasteiger partial charge is 0.388 e. The van der Waals surface area contributed by atoms with Crippen LogP contribution in [0.2, 0.25) is 0 Å². The first kappa shape index (κ1) is 13.6. The van der Waals surface area contributed by atoms with Gasteiger partial charge in [0.15, 0.2) is 0 Å². The first-order valence-electron chi connectivity index (χ1n) is 7.06. The molecule has 0 amide bonds. The molecule has 2 saturated heterocycles. The highest BCUT2D eigenvalue weighted by Gasteiger charge is 2.43. The highest BCUT2D eigenvalue weighted by molar-refractivity contribution is 7.12. The summed E-state index contributed by atoms with van der Waals surface area (Å²) in [4.78, 5) is 2.52. The van der Waals surface area contributed by atoms with Crippen LogP contribution < -0.4 is 0 Å². The minimum atomic E-state index is -0.355. The van der Waals surface area contributed by atoms with Crippen molar-refractivity contribution in [2.45, 2.75) is 44.8 Å². The second-order valence-corrected chi connectivity index (χ2v) is 7.36. The summed E-state index contributed by atoms with van der Waals surface area (Å²) in [5, 5.41) is 10.7. The van der Waals surface area contributed by atoms with Crippen LogP contribution in [0.15, 0.2) is 6.07 Å². The van der Waals surface area contributed by atoms with E-state index in [1.807, 2.05) is 0 Å². The third-order valence-corrected chi connectivity index (χ3v) is 5.42. The summed E-state index contributed by atoms with van der Waals surface area (Å²) >= 11 is 1.77. The molecule has 3 nitrogen and oxygen atoms in total. The van der Waals surface area contributed by atoms with Crippen molar-refractivity contribution < 1.29 is 14.6 Å². The number of aryl methyl sites for hydroxylation is 2. The molecule has 0 bridgehead atoms. The summed E-state index contributed by atoms with van der Waals surface area (Å²) in [6, 6.07) is 2.14. The molecule has 0 saturated carbocycles. The van der Waals surface area contributed by atoms with E-state index in [9.17, 15) is 5.11 Å². The normalized spacial score (nSPS) is 32.9. The predicted molar refractivity (Wildman–Crippen MR) is 75.6 cm³/mol. The van der Waals surface area contributed by atoms with Crippen molar-refractivity contribution in [2.24, 2.45) is 5.92 Å². The van der Waals surface area contributed by atoms with Gasteiger partial charge in [0.1, 0.15) is 0 Å². The average Bonchev–Trinajstić information content (AvgIpc) is 2.96. The molecule has 3 unspecified atom stereocenters. The van der Waals surface area contributed by atoms with Crippen LogP contribution in [0.3, 0.4) is 0 Å². The Kier molecular flexibility index (Phi) is 3.69. The van der Waals surface area contributed by atoms with E-state index in [1.165, 1.54) is 9.75 Å². The Bertz CT molecular complexity index is 448. The molecule has 0 aromatic carbocycles. The molecule has 3 atom stereocenters. The van der Waals surface area contributed by atoms with Gasteiger partial charge in [-0.1, -0.05) is 0 Å². The summed E-state index contributed by atoms with van der Waals surface area (Å²) in [5.41, 5.74) is 0.992. The van der Waals surface area contributed by atoms with Gasteiger partial charge in [0.25, 0.3) is 0 Å². The van der Waals surface area contributed by atoms with Gasteiger partial charge in [-0.25, -0.2) is 0 Å². The Hall–Kier alpha value is -0.420. The molecule has 3 rings (SSSR count). The molecule has 106 valence electrons. The smallest absolute Gasteiger partial charge is 0.0940 e.